The van der Waals surface area contributed by atoms with Crippen molar-refractivity contribution in [2.24, 2.45) is 0 Å². The van der Waals surface area contributed by atoms with Crippen LogP contribution in [0.2, 0.25) is 0 Å². The van der Waals surface area contributed by atoms with Gasteiger partial charge in [-0.25, -0.2) is 9.59 Å². The summed E-state index contributed by atoms with van der Waals surface area (Å²) in [4.78, 5) is 26.2. The van der Waals surface area contributed by atoms with Crippen molar-refractivity contribution >= 4 is 29.1 Å². The number of urea groups is 2. The fraction of sp³-hybridized carbons (Fsp3) is 0.200. The molecular weight excluding hydrogens is 445 g/mol. The number of anilines is 3. The number of hydrogen-bond acceptors (Lipinski definition) is 2. The third kappa shape index (κ3) is 7.26. The van der Waals surface area contributed by atoms with Crippen LogP contribution in [0.25, 0.3) is 0 Å². The van der Waals surface area contributed by atoms with Gasteiger partial charge in [0.15, 0.2) is 0 Å². The second kappa shape index (κ2) is 11.2. The molecule has 9 heteroatoms. The second-order valence-corrected chi connectivity index (χ2v) is 7.60. The summed E-state index contributed by atoms with van der Waals surface area (Å²) in [6, 6.07) is 19.5. The molecule has 178 valence electrons. The minimum atomic E-state index is -4.53. The van der Waals surface area contributed by atoms with Gasteiger partial charge in [-0.1, -0.05) is 42.0 Å². The Morgan fingerprint density at radius 1 is 0.853 bits per heavy atom. The molecule has 0 saturated heterocycles. The first-order valence-corrected chi connectivity index (χ1v) is 10.6. The summed E-state index contributed by atoms with van der Waals surface area (Å²) in [5.41, 5.74) is 1.47. The molecule has 3 aromatic carbocycles. The highest BCUT2D eigenvalue weighted by Crippen LogP contribution is 2.32. The first-order valence-electron chi connectivity index (χ1n) is 10.6. The summed E-state index contributed by atoms with van der Waals surface area (Å²) in [5.74, 6) is 0. The largest absolute Gasteiger partial charge is 0.416 e. The van der Waals surface area contributed by atoms with Gasteiger partial charge in [0.25, 0.3) is 0 Å². The summed E-state index contributed by atoms with van der Waals surface area (Å²) in [6.45, 7) is 2.24. The number of aryl methyl sites for hydroxylation is 1. The molecule has 0 saturated carbocycles. The van der Waals surface area contributed by atoms with Crippen molar-refractivity contribution in [3.05, 3.63) is 90.0 Å². The number of alkyl halides is 3. The van der Waals surface area contributed by atoms with Gasteiger partial charge in [0.05, 0.1) is 5.56 Å². The molecule has 0 atom stereocenters. The maximum Gasteiger partial charge on any atom is 0.416 e. The first-order chi connectivity index (χ1) is 16.2. The van der Waals surface area contributed by atoms with E-state index in [9.17, 15) is 22.8 Å². The van der Waals surface area contributed by atoms with Gasteiger partial charge in [-0.3, -0.25) is 4.90 Å². The maximum atomic E-state index is 13.2. The zero-order valence-corrected chi connectivity index (χ0v) is 18.5. The average molecular weight is 470 g/mol. The average Bonchev–Trinajstić information content (AvgIpc) is 2.80. The minimum absolute atomic E-state index is 0.0881. The summed E-state index contributed by atoms with van der Waals surface area (Å²) in [5, 5.41) is 8.08. The highest BCUT2D eigenvalue weighted by atomic mass is 19.4. The van der Waals surface area contributed by atoms with E-state index in [1.165, 1.54) is 17.0 Å². The first kappa shape index (κ1) is 24.6. The Morgan fingerprint density at radius 3 is 2.21 bits per heavy atom. The van der Waals surface area contributed by atoms with Crippen LogP contribution < -0.4 is 20.9 Å². The fourth-order valence-corrected chi connectivity index (χ4v) is 3.16. The van der Waals surface area contributed by atoms with Crippen molar-refractivity contribution in [3.8, 4) is 0 Å². The molecule has 34 heavy (non-hydrogen) atoms. The third-order valence-corrected chi connectivity index (χ3v) is 4.91. The van der Waals surface area contributed by atoms with Crippen molar-refractivity contribution in [2.75, 3.05) is 28.6 Å². The van der Waals surface area contributed by atoms with Crippen LogP contribution in [-0.2, 0) is 6.18 Å². The lowest BCUT2D eigenvalue weighted by atomic mass is 10.1. The fourth-order valence-electron chi connectivity index (χ4n) is 3.16. The number of halogens is 3. The van der Waals surface area contributed by atoms with Crippen molar-refractivity contribution in [1.82, 2.24) is 5.32 Å². The van der Waals surface area contributed by atoms with Gasteiger partial charge in [0, 0.05) is 30.2 Å². The Hall–Kier alpha value is -4.01. The van der Waals surface area contributed by atoms with E-state index >= 15 is 0 Å². The number of carbonyl (C=O) groups is 2. The van der Waals surface area contributed by atoms with Gasteiger partial charge in [-0.05, 0) is 55.8 Å². The smallest absolute Gasteiger partial charge is 0.338 e. The lowest BCUT2D eigenvalue weighted by molar-refractivity contribution is -0.137. The van der Waals surface area contributed by atoms with Gasteiger partial charge in [0.1, 0.15) is 0 Å². The predicted molar refractivity (Wildman–Crippen MR) is 127 cm³/mol. The van der Waals surface area contributed by atoms with E-state index in [4.69, 9.17) is 0 Å². The Bertz CT molecular complexity index is 1100. The zero-order chi connectivity index (χ0) is 24.6. The minimum Gasteiger partial charge on any atom is -0.338 e. The van der Waals surface area contributed by atoms with E-state index in [1.807, 2.05) is 19.1 Å². The van der Waals surface area contributed by atoms with Crippen LogP contribution in [0.1, 0.15) is 17.5 Å². The van der Waals surface area contributed by atoms with E-state index < -0.39 is 23.8 Å². The number of benzene rings is 3. The van der Waals surface area contributed by atoms with Gasteiger partial charge in [-0.15, -0.1) is 0 Å². The molecule has 0 fully saturated rings. The Balaban J connectivity index is 1.64. The number of nitrogens with one attached hydrogen (secondary N) is 3. The number of hydrogen-bond donors (Lipinski definition) is 3. The molecule has 0 aromatic heterocycles. The summed E-state index contributed by atoms with van der Waals surface area (Å²) < 4.78 is 39.6. The summed E-state index contributed by atoms with van der Waals surface area (Å²) in [6.07, 6.45) is -4.22. The van der Waals surface area contributed by atoms with Crippen molar-refractivity contribution in [3.63, 3.8) is 0 Å². The molecule has 3 rings (SSSR count). The molecule has 0 aliphatic heterocycles. The van der Waals surface area contributed by atoms with Crippen LogP contribution in [0.4, 0.5) is 39.8 Å². The van der Waals surface area contributed by atoms with Gasteiger partial charge in [0.2, 0.25) is 0 Å². The van der Waals surface area contributed by atoms with Crippen LogP contribution in [0, 0.1) is 6.92 Å². The van der Waals surface area contributed by atoms with Crippen LogP contribution in [0.15, 0.2) is 78.9 Å². The molecule has 4 amide bonds. The standard InChI is InChI=1S/C25H25F3N4O2/c1-18-11-13-21(14-12-18)30-23(33)29-15-6-16-32(24(34)31-20-8-3-2-4-9-20)22-10-5-7-19(17-22)25(26,27)28/h2-5,7-14,17H,6,15-16H2,1H3,(H,31,34)(H2,29,30,33). The van der Waals surface area contributed by atoms with E-state index in [0.29, 0.717) is 17.8 Å². The van der Waals surface area contributed by atoms with E-state index in [1.54, 1.807) is 42.5 Å². The molecule has 0 aliphatic rings. The molecule has 3 N–H and O–H groups in total. The van der Waals surface area contributed by atoms with Crippen LogP contribution in [0.3, 0.4) is 0 Å². The molecule has 3 aromatic rings. The topological polar surface area (TPSA) is 73.5 Å². The Labute approximate surface area is 195 Å². The highest BCUT2D eigenvalue weighted by molar-refractivity contribution is 6.01. The van der Waals surface area contributed by atoms with Gasteiger partial charge >= 0.3 is 18.2 Å². The van der Waals surface area contributed by atoms with Crippen molar-refractivity contribution < 1.29 is 22.8 Å². The Kier molecular flexibility index (Phi) is 8.13. The molecule has 0 unspecified atom stereocenters. The second-order valence-electron chi connectivity index (χ2n) is 7.60. The van der Waals surface area contributed by atoms with Gasteiger partial charge in [-0.2, -0.15) is 13.2 Å². The van der Waals surface area contributed by atoms with Crippen LogP contribution in [0.5, 0.6) is 0 Å². The van der Waals surface area contributed by atoms with Crippen molar-refractivity contribution in [2.45, 2.75) is 19.5 Å². The summed E-state index contributed by atoms with van der Waals surface area (Å²) in [7, 11) is 0. The number of para-hydroxylation sites is 1. The van der Waals surface area contributed by atoms with Crippen LogP contribution in [-0.4, -0.2) is 25.2 Å². The lowest BCUT2D eigenvalue weighted by Crippen LogP contribution is -2.38. The predicted octanol–water partition coefficient (Wildman–Crippen LogP) is 6.26. The quantitative estimate of drug-likeness (QED) is 0.357. The molecular formula is C25H25F3N4O2. The van der Waals surface area contributed by atoms with E-state index in [-0.39, 0.29) is 18.8 Å². The number of rotatable bonds is 7. The number of carbonyl (C=O) groups excluding carboxylic acids is 2. The zero-order valence-electron chi connectivity index (χ0n) is 18.5. The molecule has 0 heterocycles. The lowest BCUT2D eigenvalue weighted by Gasteiger charge is -2.24. The third-order valence-electron chi connectivity index (χ3n) is 4.91. The molecule has 0 bridgehead atoms. The normalized spacial score (nSPS) is 10.9. The SMILES string of the molecule is Cc1ccc(NC(=O)NCCCN(C(=O)Nc2ccccc2)c2cccc(C(F)(F)F)c2)cc1. The van der Waals surface area contributed by atoms with Crippen LogP contribution >= 0.6 is 0 Å². The van der Waals surface area contributed by atoms with E-state index in [0.717, 1.165) is 17.7 Å². The highest BCUT2D eigenvalue weighted by Gasteiger charge is 2.31. The monoisotopic (exact) mass is 470 g/mol. The summed E-state index contributed by atoms with van der Waals surface area (Å²) >= 11 is 0. The molecule has 0 aliphatic carbocycles. The van der Waals surface area contributed by atoms with Crippen molar-refractivity contribution in [1.29, 1.82) is 0 Å². The number of amides is 4. The molecule has 0 spiro atoms. The molecule has 0 radical (unpaired) electrons. The Morgan fingerprint density at radius 2 is 1.53 bits per heavy atom. The van der Waals surface area contributed by atoms with E-state index in [2.05, 4.69) is 16.0 Å². The number of nitrogens with zero attached hydrogens (tertiary/aromatic N) is 1. The molecule has 6 nitrogen and oxygen atoms in total. The maximum absolute atomic E-state index is 13.2. The van der Waals surface area contributed by atoms with Gasteiger partial charge < -0.3 is 16.0 Å².